The molecule has 0 saturated carbocycles. The summed E-state index contributed by atoms with van der Waals surface area (Å²) >= 11 is 3.95. The van der Waals surface area contributed by atoms with Crippen LogP contribution in [0.3, 0.4) is 0 Å². The van der Waals surface area contributed by atoms with Gasteiger partial charge in [-0.25, -0.2) is 9.56 Å². The molecule has 0 spiro atoms. The molecular formula is C23H27N4S2+. The Morgan fingerprint density at radius 1 is 0.862 bits per heavy atom. The van der Waals surface area contributed by atoms with E-state index in [0.717, 1.165) is 17.9 Å². The summed E-state index contributed by atoms with van der Waals surface area (Å²) in [4.78, 5) is 11.6. The maximum absolute atomic E-state index is 5.18. The summed E-state index contributed by atoms with van der Waals surface area (Å²) in [5, 5.41) is 1.33. The average Bonchev–Trinajstić information content (AvgIpc) is 3.53. The standard InChI is InChI=1S/C23H27N4S2/c1-2-8-25(7-1)17-5-6-19-21(14-17)29-22-15-18(26-9-3-4-10-26)13-20(23(22)24-19)27-11-12-28-16-27/h5-6,13-15H,1-4,7-12,16H2/q+1. The van der Waals surface area contributed by atoms with Crippen molar-refractivity contribution in [3.8, 4) is 10.6 Å². The van der Waals surface area contributed by atoms with Gasteiger partial charge in [-0.2, -0.15) is 0 Å². The Bertz CT molecular complexity index is 1090. The smallest absolute Gasteiger partial charge is 0.230 e. The highest BCUT2D eigenvalue weighted by Crippen LogP contribution is 2.34. The van der Waals surface area contributed by atoms with Gasteiger partial charge in [-0.05, 0) is 49.9 Å². The van der Waals surface area contributed by atoms with Gasteiger partial charge in [0.2, 0.25) is 5.36 Å². The molecule has 3 fully saturated rings. The summed E-state index contributed by atoms with van der Waals surface area (Å²) in [5.41, 5.74) is 5.06. The van der Waals surface area contributed by atoms with Crippen LogP contribution in [0, 0.1) is 0 Å². The van der Waals surface area contributed by atoms with Gasteiger partial charge < -0.3 is 9.80 Å². The zero-order valence-corrected chi connectivity index (χ0v) is 18.4. The van der Waals surface area contributed by atoms with E-state index in [2.05, 4.69) is 44.7 Å². The molecule has 0 bridgehead atoms. The van der Waals surface area contributed by atoms with Crippen LogP contribution < -0.4 is 19.7 Å². The molecule has 29 heavy (non-hydrogen) atoms. The van der Waals surface area contributed by atoms with Crippen molar-refractivity contribution in [1.82, 2.24) is 9.56 Å². The molecule has 1 aliphatic carbocycles. The number of anilines is 2. The maximum atomic E-state index is 5.18. The van der Waals surface area contributed by atoms with Crippen LogP contribution in [0.25, 0.3) is 20.8 Å². The van der Waals surface area contributed by atoms with Gasteiger partial charge in [0, 0.05) is 43.6 Å². The van der Waals surface area contributed by atoms with E-state index in [9.17, 15) is 0 Å². The lowest BCUT2D eigenvalue weighted by Gasteiger charge is -2.20. The Balaban J connectivity index is 1.56. The molecule has 6 rings (SSSR count). The summed E-state index contributed by atoms with van der Waals surface area (Å²) in [6.07, 6.45) is 5.25. The summed E-state index contributed by atoms with van der Waals surface area (Å²) < 4.78 is 3.83. The second kappa shape index (κ2) is 7.47. The fourth-order valence-electron chi connectivity index (χ4n) is 4.86. The molecule has 4 heterocycles. The molecule has 5 aliphatic rings. The molecule has 0 radical (unpaired) electrons. The van der Waals surface area contributed by atoms with E-state index in [0.29, 0.717) is 0 Å². The first-order chi connectivity index (χ1) is 14.3. The minimum atomic E-state index is 1.08. The van der Waals surface area contributed by atoms with Crippen LogP contribution in [0.4, 0.5) is 11.4 Å². The summed E-state index contributed by atoms with van der Waals surface area (Å²) in [6.45, 7) is 5.87. The molecule has 0 amide bonds. The number of rotatable bonds is 2. The number of aromatic nitrogens is 1. The highest BCUT2D eigenvalue weighted by atomic mass is 32.2. The van der Waals surface area contributed by atoms with Crippen molar-refractivity contribution in [1.29, 1.82) is 0 Å². The van der Waals surface area contributed by atoms with Crippen LogP contribution in [0.15, 0.2) is 30.3 Å². The predicted molar refractivity (Wildman–Crippen MR) is 127 cm³/mol. The lowest BCUT2D eigenvalue weighted by Crippen LogP contribution is -2.31. The zero-order chi connectivity index (χ0) is 19.2. The highest BCUT2D eigenvalue weighted by Gasteiger charge is 2.24. The number of hydrogen-bond donors (Lipinski definition) is 0. The second-order valence-corrected chi connectivity index (χ2v) is 10.5. The third-order valence-corrected chi connectivity index (χ3v) is 8.51. The molecule has 4 nitrogen and oxygen atoms in total. The van der Waals surface area contributed by atoms with E-state index in [-0.39, 0.29) is 0 Å². The largest absolute Gasteiger partial charge is 0.371 e. The van der Waals surface area contributed by atoms with Crippen molar-refractivity contribution < 1.29 is 0 Å². The van der Waals surface area contributed by atoms with E-state index in [1.165, 1.54) is 89.6 Å². The molecule has 4 aliphatic heterocycles. The summed E-state index contributed by atoms with van der Waals surface area (Å²) in [6, 6.07) is 11.7. The van der Waals surface area contributed by atoms with E-state index in [1.54, 1.807) is 0 Å². The molecule has 0 N–H and O–H groups in total. The van der Waals surface area contributed by atoms with Crippen molar-refractivity contribution in [2.24, 2.45) is 0 Å². The van der Waals surface area contributed by atoms with Crippen molar-refractivity contribution in [3.05, 3.63) is 35.7 Å². The minimum Gasteiger partial charge on any atom is -0.371 e. The van der Waals surface area contributed by atoms with Crippen LogP contribution >= 0.6 is 23.1 Å². The van der Waals surface area contributed by atoms with E-state index in [4.69, 9.17) is 4.98 Å². The van der Waals surface area contributed by atoms with Crippen LogP contribution in [0.5, 0.6) is 0 Å². The Kier molecular flexibility index (Phi) is 4.64. The molecule has 0 aromatic heterocycles. The quantitative estimate of drug-likeness (QED) is 0.458. The van der Waals surface area contributed by atoms with Crippen LogP contribution in [-0.2, 0) is 0 Å². The first-order valence-electron chi connectivity index (χ1n) is 10.9. The Morgan fingerprint density at radius 3 is 2.34 bits per heavy atom. The molecule has 1 aromatic rings. The SMILES string of the molecule is c1cc2nc3/c(=[N+]4/CCSC4)cc(N4CCCC4)cc-3sc2cc1N1CCCC1. The van der Waals surface area contributed by atoms with E-state index in [1.807, 2.05) is 23.1 Å². The van der Waals surface area contributed by atoms with Crippen molar-refractivity contribution in [2.75, 3.05) is 54.2 Å². The van der Waals surface area contributed by atoms with Gasteiger partial charge in [0.25, 0.3) is 0 Å². The fourth-order valence-corrected chi connectivity index (χ4v) is 6.89. The van der Waals surface area contributed by atoms with Crippen LogP contribution in [-0.4, -0.2) is 49.3 Å². The van der Waals surface area contributed by atoms with Gasteiger partial charge in [-0.3, -0.25) is 0 Å². The third kappa shape index (κ3) is 3.30. The number of thioether (sulfide) groups is 1. The van der Waals surface area contributed by atoms with E-state index < -0.39 is 0 Å². The minimum absolute atomic E-state index is 1.08. The number of fused-ring (bicyclic) bond motifs is 2. The third-order valence-electron chi connectivity index (χ3n) is 6.47. The van der Waals surface area contributed by atoms with Crippen molar-refractivity contribution in [2.45, 2.75) is 25.7 Å². The van der Waals surface area contributed by atoms with Gasteiger partial charge in [0.15, 0.2) is 18.1 Å². The van der Waals surface area contributed by atoms with Crippen molar-refractivity contribution >= 4 is 44.7 Å². The zero-order valence-electron chi connectivity index (χ0n) is 16.8. The van der Waals surface area contributed by atoms with Gasteiger partial charge in [-0.15, -0.1) is 11.3 Å². The Hall–Kier alpha value is -1.79. The summed E-state index contributed by atoms with van der Waals surface area (Å²) in [7, 11) is 0. The van der Waals surface area contributed by atoms with Crippen molar-refractivity contribution in [3.63, 3.8) is 0 Å². The Morgan fingerprint density at radius 2 is 1.62 bits per heavy atom. The first-order valence-corrected chi connectivity index (χ1v) is 12.9. The molecule has 150 valence electrons. The van der Waals surface area contributed by atoms with Crippen LogP contribution in [0.2, 0.25) is 0 Å². The number of nitrogens with zero attached hydrogens (tertiary/aromatic N) is 4. The molecule has 0 atom stereocenters. The summed E-state index contributed by atoms with van der Waals surface area (Å²) in [5.74, 6) is 2.29. The van der Waals surface area contributed by atoms with E-state index >= 15 is 0 Å². The van der Waals surface area contributed by atoms with Crippen LogP contribution in [0.1, 0.15) is 25.7 Å². The van der Waals surface area contributed by atoms with Gasteiger partial charge in [0.05, 0.1) is 20.8 Å². The lowest BCUT2D eigenvalue weighted by molar-refractivity contribution is 0.718. The molecule has 3 saturated heterocycles. The van der Waals surface area contributed by atoms with Gasteiger partial charge in [0.1, 0.15) is 0 Å². The Labute approximate surface area is 180 Å². The number of hydrogen-bond acceptors (Lipinski definition) is 5. The maximum Gasteiger partial charge on any atom is 0.230 e. The molecule has 6 heteroatoms. The normalized spacial score (nSPS) is 21.8. The fraction of sp³-hybridized carbons (Fsp3) is 0.478. The molecular weight excluding hydrogens is 396 g/mol. The monoisotopic (exact) mass is 423 g/mol. The predicted octanol–water partition coefficient (Wildman–Crippen LogP) is 4.08. The van der Waals surface area contributed by atoms with Gasteiger partial charge in [-0.1, -0.05) is 11.8 Å². The second-order valence-electron chi connectivity index (χ2n) is 8.37. The number of benzene rings is 2. The lowest BCUT2D eigenvalue weighted by atomic mass is 10.2. The van der Waals surface area contributed by atoms with Gasteiger partial charge >= 0.3 is 0 Å². The molecule has 0 unspecified atom stereocenters. The highest BCUT2D eigenvalue weighted by molar-refractivity contribution is 7.99. The first kappa shape index (κ1) is 18.0. The molecule has 1 aromatic carbocycles. The average molecular weight is 424 g/mol. The topological polar surface area (TPSA) is 22.4 Å².